The summed E-state index contributed by atoms with van der Waals surface area (Å²) in [6.07, 6.45) is 6.02. The minimum absolute atomic E-state index is 0.235. The molecule has 3 aromatic rings. The number of hydrogen-bond acceptors (Lipinski definition) is 6. The van der Waals surface area contributed by atoms with E-state index in [1.807, 2.05) is 0 Å². The molecule has 1 aromatic carbocycles. The molecule has 1 aliphatic rings. The van der Waals surface area contributed by atoms with Crippen molar-refractivity contribution in [1.82, 2.24) is 9.97 Å². The summed E-state index contributed by atoms with van der Waals surface area (Å²) in [6.45, 7) is 2.73. The van der Waals surface area contributed by atoms with E-state index in [1.54, 1.807) is 17.7 Å². The molecule has 0 radical (unpaired) electrons. The van der Waals surface area contributed by atoms with Gasteiger partial charge in [0, 0.05) is 30.1 Å². The third-order valence-electron chi connectivity index (χ3n) is 5.52. The van der Waals surface area contributed by atoms with Crippen molar-refractivity contribution in [2.75, 3.05) is 24.5 Å². The zero-order valence-electron chi connectivity index (χ0n) is 15.6. The summed E-state index contributed by atoms with van der Waals surface area (Å²) in [5.74, 6) is 1.76. The minimum Gasteiger partial charge on any atom is -0.356 e. The van der Waals surface area contributed by atoms with Gasteiger partial charge in [0.05, 0.1) is 5.39 Å². The summed E-state index contributed by atoms with van der Waals surface area (Å²) >= 11 is 1.70. The molecule has 1 unspecified atom stereocenters. The molecule has 1 aliphatic heterocycles. The van der Waals surface area contributed by atoms with E-state index >= 15 is 0 Å². The maximum Gasteiger partial charge on any atom is 0.141 e. The van der Waals surface area contributed by atoms with Crippen LogP contribution in [0, 0.1) is 5.92 Å². The van der Waals surface area contributed by atoms with Crippen LogP contribution in [0.3, 0.4) is 0 Å². The van der Waals surface area contributed by atoms with Crippen LogP contribution in [0.2, 0.25) is 0 Å². The lowest BCUT2D eigenvalue weighted by molar-refractivity contribution is 0.347. The van der Waals surface area contributed by atoms with Gasteiger partial charge in [-0.05, 0) is 43.7 Å². The lowest BCUT2D eigenvalue weighted by Crippen LogP contribution is -2.37. The predicted octanol–water partition coefficient (Wildman–Crippen LogP) is 3.64. The molecule has 27 heavy (non-hydrogen) atoms. The highest BCUT2D eigenvalue weighted by atomic mass is 32.1. The number of fused-ring (bicyclic) bond motifs is 1. The molecule has 6 heteroatoms. The van der Waals surface area contributed by atoms with Crippen LogP contribution in [0.15, 0.2) is 42.0 Å². The van der Waals surface area contributed by atoms with Crippen molar-refractivity contribution >= 4 is 27.4 Å². The van der Waals surface area contributed by atoms with Gasteiger partial charge < -0.3 is 16.4 Å². The van der Waals surface area contributed by atoms with Gasteiger partial charge >= 0.3 is 0 Å². The SMILES string of the molecule is NCCC(N)CC1CCN(c2ncnc3scc(-c4ccccc4)c23)CC1. The number of aromatic nitrogens is 2. The van der Waals surface area contributed by atoms with Crippen molar-refractivity contribution in [2.45, 2.75) is 31.7 Å². The molecule has 1 atom stereocenters. The summed E-state index contributed by atoms with van der Waals surface area (Å²) in [6, 6.07) is 10.8. The van der Waals surface area contributed by atoms with Crippen molar-refractivity contribution in [3.05, 3.63) is 42.0 Å². The molecule has 4 N–H and O–H groups in total. The standard InChI is InChI=1S/C21H27N5S/c22-9-6-17(23)12-15-7-10-26(11-8-15)20-19-18(16-4-2-1-3-5-16)13-27-21(19)25-14-24-20/h1-5,13-15,17H,6-12,22-23H2. The van der Waals surface area contributed by atoms with Crippen LogP contribution in [0.4, 0.5) is 5.82 Å². The molecule has 142 valence electrons. The zero-order valence-corrected chi connectivity index (χ0v) is 16.4. The van der Waals surface area contributed by atoms with Gasteiger partial charge in [-0.2, -0.15) is 0 Å². The Balaban J connectivity index is 1.56. The van der Waals surface area contributed by atoms with Crippen molar-refractivity contribution in [2.24, 2.45) is 17.4 Å². The van der Waals surface area contributed by atoms with Gasteiger partial charge in [0.2, 0.25) is 0 Å². The Morgan fingerprint density at radius 1 is 1.15 bits per heavy atom. The predicted molar refractivity (Wildman–Crippen MR) is 114 cm³/mol. The molecule has 5 nitrogen and oxygen atoms in total. The topological polar surface area (TPSA) is 81.1 Å². The molecule has 1 fully saturated rings. The zero-order chi connectivity index (χ0) is 18.6. The van der Waals surface area contributed by atoms with Crippen LogP contribution in [0.25, 0.3) is 21.3 Å². The third-order valence-corrected chi connectivity index (χ3v) is 6.41. The van der Waals surface area contributed by atoms with Gasteiger partial charge in [0.1, 0.15) is 17.0 Å². The smallest absolute Gasteiger partial charge is 0.141 e. The highest BCUT2D eigenvalue weighted by Crippen LogP contribution is 2.38. The van der Waals surface area contributed by atoms with E-state index in [2.05, 4.69) is 50.6 Å². The first-order chi connectivity index (χ1) is 13.3. The van der Waals surface area contributed by atoms with E-state index in [1.165, 1.54) is 16.5 Å². The van der Waals surface area contributed by atoms with Gasteiger partial charge in [-0.15, -0.1) is 11.3 Å². The van der Waals surface area contributed by atoms with Crippen LogP contribution in [0.1, 0.15) is 25.7 Å². The molecule has 3 heterocycles. The number of anilines is 1. The Kier molecular flexibility index (Phi) is 5.66. The number of hydrogen-bond donors (Lipinski definition) is 2. The summed E-state index contributed by atoms with van der Waals surface area (Å²) < 4.78 is 0. The fourth-order valence-corrected chi connectivity index (χ4v) is 4.98. The fourth-order valence-electron chi connectivity index (χ4n) is 4.07. The number of thiophene rings is 1. The number of benzene rings is 1. The summed E-state index contributed by atoms with van der Waals surface area (Å²) in [5.41, 5.74) is 14.3. The van der Waals surface area contributed by atoms with Crippen LogP contribution in [-0.2, 0) is 0 Å². The monoisotopic (exact) mass is 381 g/mol. The highest BCUT2D eigenvalue weighted by molar-refractivity contribution is 7.17. The Morgan fingerprint density at radius 3 is 2.67 bits per heavy atom. The summed E-state index contributed by atoms with van der Waals surface area (Å²) in [4.78, 5) is 12.7. The van der Waals surface area contributed by atoms with Crippen molar-refractivity contribution < 1.29 is 0 Å². The Labute approximate surface area is 164 Å². The number of nitrogens with two attached hydrogens (primary N) is 2. The number of piperidine rings is 1. The fraction of sp³-hybridized carbons (Fsp3) is 0.429. The molecule has 0 saturated carbocycles. The van der Waals surface area contributed by atoms with E-state index in [4.69, 9.17) is 11.5 Å². The normalized spacial score (nSPS) is 16.7. The molecule has 1 saturated heterocycles. The van der Waals surface area contributed by atoms with E-state index in [0.29, 0.717) is 12.5 Å². The second-order valence-corrected chi connectivity index (χ2v) is 8.25. The average Bonchev–Trinajstić information content (AvgIpc) is 3.14. The van der Waals surface area contributed by atoms with E-state index in [0.717, 1.165) is 49.4 Å². The maximum atomic E-state index is 6.19. The quantitative estimate of drug-likeness (QED) is 0.681. The number of nitrogens with zero attached hydrogens (tertiary/aromatic N) is 3. The van der Waals surface area contributed by atoms with Gasteiger partial charge in [0.25, 0.3) is 0 Å². The second-order valence-electron chi connectivity index (χ2n) is 7.40. The molecule has 4 rings (SSSR count). The van der Waals surface area contributed by atoms with Crippen molar-refractivity contribution in [3.8, 4) is 11.1 Å². The average molecular weight is 382 g/mol. The van der Waals surface area contributed by atoms with E-state index < -0.39 is 0 Å². The van der Waals surface area contributed by atoms with E-state index in [-0.39, 0.29) is 6.04 Å². The van der Waals surface area contributed by atoms with Crippen LogP contribution in [-0.4, -0.2) is 35.6 Å². The highest BCUT2D eigenvalue weighted by Gasteiger charge is 2.24. The van der Waals surface area contributed by atoms with Gasteiger partial charge in [-0.3, -0.25) is 0 Å². The van der Waals surface area contributed by atoms with Gasteiger partial charge in [0.15, 0.2) is 0 Å². The first kappa shape index (κ1) is 18.3. The van der Waals surface area contributed by atoms with Crippen LogP contribution >= 0.6 is 11.3 Å². The Hall–Kier alpha value is -2.02. The Bertz CT molecular complexity index is 871. The third kappa shape index (κ3) is 3.98. The van der Waals surface area contributed by atoms with Gasteiger partial charge in [-0.25, -0.2) is 9.97 Å². The lowest BCUT2D eigenvalue weighted by Gasteiger charge is -2.34. The molecule has 2 aromatic heterocycles. The second kappa shape index (κ2) is 8.33. The summed E-state index contributed by atoms with van der Waals surface area (Å²) in [5, 5.41) is 3.39. The van der Waals surface area contributed by atoms with Gasteiger partial charge in [-0.1, -0.05) is 30.3 Å². The molecular formula is C21H27N5S. The Morgan fingerprint density at radius 2 is 1.93 bits per heavy atom. The first-order valence-corrected chi connectivity index (χ1v) is 10.6. The van der Waals surface area contributed by atoms with Crippen LogP contribution < -0.4 is 16.4 Å². The molecular weight excluding hydrogens is 354 g/mol. The van der Waals surface area contributed by atoms with Crippen molar-refractivity contribution in [3.63, 3.8) is 0 Å². The van der Waals surface area contributed by atoms with Crippen molar-refractivity contribution in [1.29, 1.82) is 0 Å². The molecule has 0 bridgehead atoms. The molecule has 0 spiro atoms. The van der Waals surface area contributed by atoms with Crippen LogP contribution in [0.5, 0.6) is 0 Å². The maximum absolute atomic E-state index is 6.19. The number of rotatable bonds is 6. The first-order valence-electron chi connectivity index (χ1n) is 9.74. The molecule has 0 amide bonds. The molecule has 0 aliphatic carbocycles. The summed E-state index contributed by atoms with van der Waals surface area (Å²) in [7, 11) is 0. The lowest BCUT2D eigenvalue weighted by atomic mass is 9.89. The largest absolute Gasteiger partial charge is 0.356 e. The minimum atomic E-state index is 0.235. The van der Waals surface area contributed by atoms with E-state index in [9.17, 15) is 0 Å².